The number of thiophene rings is 1. The Labute approximate surface area is 187 Å². The van der Waals surface area contributed by atoms with Crippen LogP contribution in [0.3, 0.4) is 0 Å². The summed E-state index contributed by atoms with van der Waals surface area (Å²) < 4.78 is 39.1. The van der Waals surface area contributed by atoms with Crippen molar-refractivity contribution in [2.75, 3.05) is 18.5 Å². The van der Waals surface area contributed by atoms with Crippen LogP contribution in [0.2, 0.25) is 0 Å². The van der Waals surface area contributed by atoms with Gasteiger partial charge in [0.2, 0.25) is 0 Å². The Morgan fingerprint density at radius 1 is 1.22 bits per heavy atom. The van der Waals surface area contributed by atoms with Crippen molar-refractivity contribution in [3.8, 4) is 5.75 Å². The predicted molar refractivity (Wildman–Crippen MR) is 113 cm³/mol. The summed E-state index contributed by atoms with van der Waals surface area (Å²) in [4.78, 5) is 38.1. The lowest BCUT2D eigenvalue weighted by atomic mass is 9.88. The average Bonchev–Trinajstić information content (AvgIpc) is 3.08. The number of carbonyl (C=O) groups excluding carboxylic acids is 3. The van der Waals surface area contributed by atoms with Gasteiger partial charge in [-0.05, 0) is 55.9 Å². The summed E-state index contributed by atoms with van der Waals surface area (Å²) in [6, 6.07) is 5.08. The molecular formula is C22H23F2NO6S. The topological polar surface area (TPSA) is 90.9 Å². The average molecular weight is 467 g/mol. The van der Waals surface area contributed by atoms with Crippen LogP contribution < -0.4 is 10.1 Å². The minimum atomic E-state index is -3.03. The molecule has 10 heteroatoms. The zero-order chi connectivity index (χ0) is 23.3. The fourth-order valence-corrected chi connectivity index (χ4v) is 4.85. The van der Waals surface area contributed by atoms with E-state index in [2.05, 4.69) is 17.0 Å². The Morgan fingerprint density at radius 3 is 2.72 bits per heavy atom. The first-order valence-electron chi connectivity index (χ1n) is 10.1. The minimum absolute atomic E-state index is 0.0382. The van der Waals surface area contributed by atoms with Crippen LogP contribution in [0.4, 0.5) is 13.8 Å². The first-order valence-corrected chi connectivity index (χ1v) is 10.9. The van der Waals surface area contributed by atoms with Gasteiger partial charge in [-0.2, -0.15) is 8.78 Å². The van der Waals surface area contributed by atoms with E-state index in [1.54, 1.807) is 6.92 Å². The zero-order valence-electron chi connectivity index (χ0n) is 17.6. The van der Waals surface area contributed by atoms with Crippen LogP contribution in [0.25, 0.3) is 0 Å². The fraction of sp³-hybridized carbons (Fsp3) is 0.409. The Balaban J connectivity index is 1.67. The van der Waals surface area contributed by atoms with E-state index in [0.29, 0.717) is 16.5 Å². The highest BCUT2D eigenvalue weighted by Gasteiger charge is 2.29. The van der Waals surface area contributed by atoms with E-state index >= 15 is 0 Å². The number of rotatable bonds is 8. The molecule has 2 aromatic rings. The van der Waals surface area contributed by atoms with Gasteiger partial charge >= 0.3 is 18.6 Å². The second-order valence-corrected chi connectivity index (χ2v) is 8.41. The summed E-state index contributed by atoms with van der Waals surface area (Å²) in [5.74, 6) is -1.72. The quantitative estimate of drug-likeness (QED) is 0.577. The first-order chi connectivity index (χ1) is 15.3. The molecule has 1 atom stereocenters. The van der Waals surface area contributed by atoms with Crippen molar-refractivity contribution in [2.45, 2.75) is 39.7 Å². The molecule has 1 aromatic heterocycles. The van der Waals surface area contributed by atoms with Crippen molar-refractivity contribution in [1.29, 1.82) is 0 Å². The number of esters is 2. The summed E-state index contributed by atoms with van der Waals surface area (Å²) in [5, 5.41) is 3.02. The second kappa shape index (κ2) is 10.5. The molecule has 32 heavy (non-hydrogen) atoms. The maximum atomic E-state index is 12.5. The van der Waals surface area contributed by atoms with Crippen LogP contribution in [0.5, 0.6) is 5.75 Å². The molecule has 0 radical (unpaired) electrons. The van der Waals surface area contributed by atoms with Crippen molar-refractivity contribution in [3.05, 3.63) is 45.8 Å². The van der Waals surface area contributed by atoms with Crippen LogP contribution in [0, 0.1) is 5.92 Å². The van der Waals surface area contributed by atoms with Crippen molar-refractivity contribution < 1.29 is 37.4 Å². The second-order valence-electron chi connectivity index (χ2n) is 7.31. The standard InChI is InChI=1S/C22H23F2NO6S/c1-3-29-21(28)18-15-8-7-12(2)9-16(15)32-19(18)25-17(26)11-30-20(27)13-5-4-6-14(10-13)31-22(23)24/h4-6,10,12,22H,3,7-9,11H2,1-2H3,(H,25,26)/t12-/m0/s1. The normalized spacial score (nSPS) is 15.1. The number of fused-ring (bicyclic) bond motifs is 1. The largest absolute Gasteiger partial charge is 0.462 e. The molecule has 172 valence electrons. The van der Waals surface area contributed by atoms with E-state index in [4.69, 9.17) is 9.47 Å². The maximum Gasteiger partial charge on any atom is 0.387 e. The van der Waals surface area contributed by atoms with Gasteiger partial charge in [0, 0.05) is 4.88 Å². The summed E-state index contributed by atoms with van der Waals surface area (Å²) >= 11 is 1.33. The van der Waals surface area contributed by atoms with Crippen LogP contribution in [0.15, 0.2) is 24.3 Å². The SMILES string of the molecule is CCOC(=O)c1c(NC(=O)COC(=O)c2cccc(OC(F)F)c2)sc2c1CC[C@H](C)C2. The number of ether oxygens (including phenoxy) is 3. The summed E-state index contributed by atoms with van der Waals surface area (Å²) in [5.41, 5.74) is 1.22. The highest BCUT2D eigenvalue weighted by molar-refractivity contribution is 7.17. The summed E-state index contributed by atoms with van der Waals surface area (Å²) in [6.45, 7) is 0.406. The van der Waals surface area contributed by atoms with Gasteiger partial charge in [0.15, 0.2) is 6.61 Å². The predicted octanol–water partition coefficient (Wildman–Crippen LogP) is 4.45. The Bertz CT molecular complexity index is 1010. The number of benzene rings is 1. The number of carbonyl (C=O) groups is 3. The van der Waals surface area contributed by atoms with E-state index in [0.717, 1.165) is 35.8 Å². The molecule has 1 aliphatic carbocycles. The molecule has 0 bridgehead atoms. The molecule has 0 unspecified atom stereocenters. The van der Waals surface area contributed by atoms with Gasteiger partial charge in [-0.25, -0.2) is 9.59 Å². The molecule has 1 N–H and O–H groups in total. The molecule has 0 fully saturated rings. The van der Waals surface area contributed by atoms with E-state index in [1.807, 2.05) is 0 Å². The van der Waals surface area contributed by atoms with E-state index in [-0.39, 0.29) is 17.9 Å². The Hall–Kier alpha value is -3.01. The maximum absolute atomic E-state index is 12.5. The van der Waals surface area contributed by atoms with E-state index in [9.17, 15) is 23.2 Å². The molecule has 1 amide bonds. The first kappa shape index (κ1) is 23.6. The molecule has 1 aromatic carbocycles. The van der Waals surface area contributed by atoms with Gasteiger partial charge in [-0.1, -0.05) is 13.0 Å². The van der Waals surface area contributed by atoms with Crippen molar-refractivity contribution >= 4 is 34.2 Å². The molecular weight excluding hydrogens is 444 g/mol. The lowest BCUT2D eigenvalue weighted by Crippen LogP contribution is -2.22. The Kier molecular flexibility index (Phi) is 7.79. The van der Waals surface area contributed by atoms with Crippen molar-refractivity contribution in [1.82, 2.24) is 0 Å². The van der Waals surface area contributed by atoms with Gasteiger partial charge < -0.3 is 19.5 Å². The third-order valence-corrected chi connectivity index (χ3v) is 6.04. The number of halogens is 2. The van der Waals surface area contributed by atoms with Gasteiger partial charge in [0.05, 0.1) is 17.7 Å². The monoisotopic (exact) mass is 467 g/mol. The van der Waals surface area contributed by atoms with Crippen LogP contribution in [0.1, 0.15) is 51.4 Å². The fourth-order valence-electron chi connectivity index (χ4n) is 3.43. The summed E-state index contributed by atoms with van der Waals surface area (Å²) in [6.07, 6.45) is 2.48. The Morgan fingerprint density at radius 2 is 2.00 bits per heavy atom. The third-order valence-electron chi connectivity index (χ3n) is 4.87. The van der Waals surface area contributed by atoms with Crippen LogP contribution in [-0.4, -0.2) is 37.7 Å². The van der Waals surface area contributed by atoms with Gasteiger partial charge in [0.25, 0.3) is 5.91 Å². The number of hydrogen-bond acceptors (Lipinski definition) is 7. The van der Waals surface area contributed by atoms with Gasteiger partial charge in [-0.3, -0.25) is 4.79 Å². The highest BCUT2D eigenvalue weighted by atomic mass is 32.1. The van der Waals surface area contributed by atoms with Gasteiger partial charge in [-0.15, -0.1) is 11.3 Å². The molecule has 0 aliphatic heterocycles. The lowest BCUT2D eigenvalue weighted by molar-refractivity contribution is -0.119. The van der Waals surface area contributed by atoms with Gasteiger partial charge in [0.1, 0.15) is 10.8 Å². The van der Waals surface area contributed by atoms with E-state index in [1.165, 1.54) is 29.5 Å². The molecule has 0 spiro atoms. The van der Waals surface area contributed by atoms with Crippen LogP contribution >= 0.6 is 11.3 Å². The number of alkyl halides is 2. The smallest absolute Gasteiger partial charge is 0.387 e. The minimum Gasteiger partial charge on any atom is -0.462 e. The number of hydrogen-bond donors (Lipinski definition) is 1. The molecule has 1 aliphatic rings. The molecule has 0 saturated carbocycles. The molecule has 1 heterocycles. The molecule has 0 saturated heterocycles. The third kappa shape index (κ3) is 5.82. The molecule has 3 rings (SSSR count). The lowest BCUT2D eigenvalue weighted by Gasteiger charge is -2.18. The number of anilines is 1. The zero-order valence-corrected chi connectivity index (χ0v) is 18.4. The molecule has 7 nitrogen and oxygen atoms in total. The number of nitrogens with one attached hydrogen (secondary N) is 1. The van der Waals surface area contributed by atoms with E-state index < -0.39 is 31.1 Å². The highest BCUT2D eigenvalue weighted by Crippen LogP contribution is 2.40. The van der Waals surface area contributed by atoms with Crippen molar-refractivity contribution in [2.24, 2.45) is 5.92 Å². The number of amides is 1. The van der Waals surface area contributed by atoms with Crippen LogP contribution in [-0.2, 0) is 27.1 Å². The summed E-state index contributed by atoms with van der Waals surface area (Å²) in [7, 11) is 0. The van der Waals surface area contributed by atoms with Crippen molar-refractivity contribution in [3.63, 3.8) is 0 Å².